The number of hydrogen-bond acceptors (Lipinski definition) is 3. The van der Waals surface area contributed by atoms with Gasteiger partial charge in [0.2, 0.25) is 0 Å². The Morgan fingerprint density at radius 2 is 2.10 bits per heavy atom. The Labute approximate surface area is 116 Å². The highest BCUT2D eigenvalue weighted by Gasteiger charge is 2.43. The molecule has 0 aromatic carbocycles. The average Bonchev–Trinajstić information content (AvgIpc) is 3.06. The highest BCUT2D eigenvalue weighted by molar-refractivity contribution is 5.93. The molecular formula is C14H18N2O4. The number of aliphatic hydroxyl groups is 1. The number of fused-ring (bicyclic) bond motifs is 1. The molecule has 3 rings (SSSR count). The average molecular weight is 278 g/mol. The molecule has 2 N–H and O–H groups in total. The van der Waals surface area contributed by atoms with Crippen molar-refractivity contribution in [2.24, 2.45) is 11.8 Å². The number of aromatic nitrogens is 1. The third kappa shape index (κ3) is 2.20. The van der Waals surface area contributed by atoms with E-state index >= 15 is 0 Å². The van der Waals surface area contributed by atoms with E-state index in [2.05, 4.69) is 0 Å². The molecule has 20 heavy (non-hydrogen) atoms. The van der Waals surface area contributed by atoms with Crippen LogP contribution >= 0.6 is 0 Å². The Bertz CT molecular complexity index is 539. The molecule has 1 amide bonds. The minimum absolute atomic E-state index is 0.141. The predicted molar refractivity (Wildman–Crippen MR) is 70.2 cm³/mol. The molecule has 6 heteroatoms. The summed E-state index contributed by atoms with van der Waals surface area (Å²) in [5.74, 6) is -0.541. The fourth-order valence-corrected chi connectivity index (χ4v) is 3.46. The lowest BCUT2D eigenvalue weighted by Gasteiger charge is -2.19. The van der Waals surface area contributed by atoms with Crippen LogP contribution in [0, 0.1) is 11.8 Å². The van der Waals surface area contributed by atoms with Gasteiger partial charge in [0.25, 0.3) is 5.91 Å². The SMILES string of the molecule is O=C(O)Cn1cccc1C(=O)N1CC2CCC(O)C2C1. The number of nitrogens with zero attached hydrogens (tertiary/aromatic N) is 2. The van der Waals surface area contributed by atoms with Crippen LogP contribution in [0.5, 0.6) is 0 Å². The molecule has 0 spiro atoms. The van der Waals surface area contributed by atoms with Gasteiger partial charge in [0, 0.05) is 25.2 Å². The molecule has 0 radical (unpaired) electrons. The van der Waals surface area contributed by atoms with Gasteiger partial charge in [0.15, 0.2) is 0 Å². The first kappa shape index (κ1) is 13.2. The molecule has 1 aromatic heterocycles. The molecule has 108 valence electrons. The second kappa shape index (κ2) is 4.94. The summed E-state index contributed by atoms with van der Waals surface area (Å²) in [6, 6.07) is 3.33. The number of carboxylic acid groups (broad SMARTS) is 1. The van der Waals surface area contributed by atoms with Gasteiger partial charge in [-0.1, -0.05) is 0 Å². The van der Waals surface area contributed by atoms with Gasteiger partial charge in [-0.2, -0.15) is 0 Å². The Balaban J connectivity index is 1.74. The molecule has 3 atom stereocenters. The van der Waals surface area contributed by atoms with E-state index in [-0.39, 0.29) is 24.5 Å². The minimum Gasteiger partial charge on any atom is -0.480 e. The van der Waals surface area contributed by atoms with Crippen LogP contribution in [-0.2, 0) is 11.3 Å². The van der Waals surface area contributed by atoms with Crippen LogP contribution in [-0.4, -0.2) is 50.8 Å². The van der Waals surface area contributed by atoms with Crippen molar-refractivity contribution < 1.29 is 19.8 Å². The van der Waals surface area contributed by atoms with Crippen molar-refractivity contribution in [1.82, 2.24) is 9.47 Å². The number of aliphatic hydroxyl groups excluding tert-OH is 1. The summed E-state index contributed by atoms with van der Waals surface area (Å²) in [5.41, 5.74) is 0.405. The fourth-order valence-electron chi connectivity index (χ4n) is 3.46. The number of likely N-dealkylation sites (tertiary alicyclic amines) is 1. The quantitative estimate of drug-likeness (QED) is 0.839. The van der Waals surface area contributed by atoms with Gasteiger partial charge in [0.1, 0.15) is 12.2 Å². The fraction of sp³-hybridized carbons (Fsp3) is 0.571. The molecule has 1 aliphatic heterocycles. The van der Waals surface area contributed by atoms with E-state index in [1.807, 2.05) is 0 Å². The number of carbonyl (C=O) groups is 2. The lowest BCUT2D eigenvalue weighted by atomic mass is 10.00. The third-order valence-corrected chi connectivity index (χ3v) is 4.46. The van der Waals surface area contributed by atoms with E-state index in [0.717, 1.165) is 12.8 Å². The third-order valence-electron chi connectivity index (χ3n) is 4.46. The van der Waals surface area contributed by atoms with Gasteiger partial charge in [0.05, 0.1) is 6.10 Å². The molecule has 1 saturated carbocycles. The molecule has 6 nitrogen and oxygen atoms in total. The lowest BCUT2D eigenvalue weighted by Crippen LogP contribution is -2.32. The Morgan fingerprint density at radius 1 is 1.30 bits per heavy atom. The molecular weight excluding hydrogens is 260 g/mol. The predicted octanol–water partition coefficient (Wildman–Crippen LogP) is 0.416. The minimum atomic E-state index is -0.969. The number of carbonyl (C=O) groups excluding carboxylic acids is 1. The van der Waals surface area contributed by atoms with Crippen LogP contribution < -0.4 is 0 Å². The van der Waals surface area contributed by atoms with Crippen molar-refractivity contribution in [1.29, 1.82) is 0 Å². The van der Waals surface area contributed by atoms with Gasteiger partial charge in [-0.05, 0) is 30.9 Å². The van der Waals surface area contributed by atoms with E-state index in [9.17, 15) is 14.7 Å². The van der Waals surface area contributed by atoms with Crippen molar-refractivity contribution in [3.63, 3.8) is 0 Å². The second-order valence-electron chi connectivity index (χ2n) is 5.69. The standard InChI is InChI=1S/C14H18N2O4/c17-12-4-3-9-6-16(7-10(9)12)14(20)11-2-1-5-15(11)8-13(18)19/h1-2,5,9-10,12,17H,3-4,6-8H2,(H,18,19). The van der Waals surface area contributed by atoms with E-state index < -0.39 is 5.97 Å². The molecule has 2 aliphatic rings. The molecule has 2 fully saturated rings. The smallest absolute Gasteiger partial charge is 0.323 e. The number of amides is 1. The zero-order valence-electron chi connectivity index (χ0n) is 11.1. The van der Waals surface area contributed by atoms with Crippen LogP contribution in [0.2, 0.25) is 0 Å². The zero-order chi connectivity index (χ0) is 14.3. The van der Waals surface area contributed by atoms with Crippen molar-refractivity contribution in [3.05, 3.63) is 24.0 Å². The van der Waals surface area contributed by atoms with Crippen LogP contribution in [0.3, 0.4) is 0 Å². The van der Waals surface area contributed by atoms with Crippen molar-refractivity contribution in [3.8, 4) is 0 Å². The number of rotatable bonds is 3. The van der Waals surface area contributed by atoms with E-state index in [1.54, 1.807) is 23.2 Å². The van der Waals surface area contributed by atoms with Gasteiger partial charge in [-0.3, -0.25) is 9.59 Å². The van der Waals surface area contributed by atoms with E-state index in [4.69, 9.17) is 5.11 Å². The van der Waals surface area contributed by atoms with E-state index in [1.165, 1.54) is 4.57 Å². The first-order valence-corrected chi connectivity index (χ1v) is 6.90. The molecule has 0 bridgehead atoms. The van der Waals surface area contributed by atoms with E-state index in [0.29, 0.717) is 24.7 Å². The summed E-state index contributed by atoms with van der Waals surface area (Å²) in [7, 11) is 0. The second-order valence-corrected chi connectivity index (χ2v) is 5.69. The molecule has 3 unspecified atom stereocenters. The molecule has 1 saturated heterocycles. The summed E-state index contributed by atoms with van der Waals surface area (Å²) >= 11 is 0. The van der Waals surface area contributed by atoms with Crippen molar-refractivity contribution >= 4 is 11.9 Å². The number of hydrogen-bond donors (Lipinski definition) is 2. The first-order chi connectivity index (χ1) is 9.56. The monoisotopic (exact) mass is 278 g/mol. The Morgan fingerprint density at radius 3 is 2.80 bits per heavy atom. The molecule has 2 heterocycles. The summed E-state index contributed by atoms with van der Waals surface area (Å²) in [6.07, 6.45) is 3.09. The maximum absolute atomic E-state index is 12.5. The Kier molecular flexibility index (Phi) is 3.25. The summed E-state index contributed by atoms with van der Waals surface area (Å²) in [6.45, 7) is 1.03. The zero-order valence-corrected chi connectivity index (χ0v) is 11.1. The maximum atomic E-state index is 12.5. The van der Waals surface area contributed by atoms with Crippen LogP contribution in [0.15, 0.2) is 18.3 Å². The van der Waals surface area contributed by atoms with Crippen molar-refractivity contribution in [2.45, 2.75) is 25.5 Å². The normalized spacial score (nSPS) is 28.6. The van der Waals surface area contributed by atoms with Crippen molar-refractivity contribution in [2.75, 3.05) is 13.1 Å². The van der Waals surface area contributed by atoms with Gasteiger partial charge >= 0.3 is 5.97 Å². The maximum Gasteiger partial charge on any atom is 0.323 e. The summed E-state index contributed by atoms with van der Waals surface area (Å²) < 4.78 is 1.45. The van der Waals surface area contributed by atoms with Crippen LogP contribution in [0.25, 0.3) is 0 Å². The van der Waals surface area contributed by atoms with Crippen LogP contribution in [0.4, 0.5) is 0 Å². The highest BCUT2D eigenvalue weighted by atomic mass is 16.4. The number of aliphatic carboxylic acids is 1. The lowest BCUT2D eigenvalue weighted by molar-refractivity contribution is -0.137. The summed E-state index contributed by atoms with van der Waals surface area (Å²) in [4.78, 5) is 25.0. The van der Waals surface area contributed by atoms with Crippen LogP contribution in [0.1, 0.15) is 23.3 Å². The largest absolute Gasteiger partial charge is 0.480 e. The van der Waals surface area contributed by atoms with Gasteiger partial charge in [-0.25, -0.2) is 0 Å². The Hall–Kier alpha value is -1.82. The highest BCUT2D eigenvalue weighted by Crippen LogP contribution is 2.38. The summed E-state index contributed by atoms with van der Waals surface area (Å²) in [5, 5.41) is 18.7. The topological polar surface area (TPSA) is 82.8 Å². The van der Waals surface area contributed by atoms with Gasteiger partial charge in [-0.15, -0.1) is 0 Å². The molecule has 1 aromatic rings. The molecule has 1 aliphatic carbocycles. The first-order valence-electron chi connectivity index (χ1n) is 6.90. The number of carboxylic acids is 1. The van der Waals surface area contributed by atoms with Gasteiger partial charge < -0.3 is 19.7 Å².